The molecule has 2 aromatic rings. The van der Waals surface area contributed by atoms with E-state index < -0.39 is 20.9 Å². The van der Waals surface area contributed by atoms with Crippen molar-refractivity contribution in [3.05, 3.63) is 65.5 Å². The number of halogens is 1. The second-order valence-electron chi connectivity index (χ2n) is 7.01. The molecule has 0 radical (unpaired) electrons. The van der Waals surface area contributed by atoms with Gasteiger partial charge in [-0.05, 0) is 49.7 Å². The first-order valence-electron chi connectivity index (χ1n) is 8.96. The molecular weight excluding hydrogens is 399 g/mol. The van der Waals surface area contributed by atoms with E-state index in [4.69, 9.17) is 5.41 Å². The van der Waals surface area contributed by atoms with Crippen LogP contribution in [0.5, 0.6) is 0 Å². The molecule has 0 spiro atoms. The number of benzene rings is 2. The standard InChI is InChI=1S/C20H23FN2O3S2/c1-3-20(24)13-23(28(25,26)17-10-4-14(2)5-11-17)12-18(20)27-19(22)15-6-8-16(21)9-7-15/h4-11,18,22,24H,3,12-13H2,1-2H3. The summed E-state index contributed by atoms with van der Waals surface area (Å²) in [6.07, 6.45) is 0.362. The summed E-state index contributed by atoms with van der Waals surface area (Å²) in [6.45, 7) is 3.77. The van der Waals surface area contributed by atoms with Crippen molar-refractivity contribution in [1.82, 2.24) is 4.31 Å². The minimum atomic E-state index is -3.74. The van der Waals surface area contributed by atoms with E-state index in [0.717, 1.165) is 17.3 Å². The Morgan fingerprint density at radius 3 is 2.43 bits per heavy atom. The molecule has 0 aromatic heterocycles. The van der Waals surface area contributed by atoms with Crippen LogP contribution in [0.25, 0.3) is 0 Å². The second-order valence-corrected chi connectivity index (χ2v) is 10.2. The maximum absolute atomic E-state index is 13.1. The number of nitrogens with one attached hydrogen (secondary N) is 1. The highest BCUT2D eigenvalue weighted by Crippen LogP contribution is 2.38. The van der Waals surface area contributed by atoms with Crippen LogP contribution in [0.1, 0.15) is 24.5 Å². The van der Waals surface area contributed by atoms with E-state index in [0.29, 0.717) is 12.0 Å². The summed E-state index contributed by atoms with van der Waals surface area (Å²) in [4.78, 5) is 0.191. The number of hydrogen-bond donors (Lipinski definition) is 2. The average molecular weight is 423 g/mol. The van der Waals surface area contributed by atoms with Gasteiger partial charge in [0.1, 0.15) is 5.82 Å². The van der Waals surface area contributed by atoms with Gasteiger partial charge >= 0.3 is 0 Å². The highest BCUT2D eigenvalue weighted by Gasteiger charge is 2.49. The molecule has 0 amide bonds. The Bertz CT molecular complexity index is 962. The highest BCUT2D eigenvalue weighted by molar-refractivity contribution is 8.15. The molecular formula is C20H23FN2O3S2. The average Bonchev–Trinajstić information content (AvgIpc) is 3.00. The third-order valence-electron chi connectivity index (χ3n) is 5.06. The molecule has 0 saturated carbocycles. The summed E-state index contributed by atoms with van der Waals surface area (Å²) in [5, 5.41) is 19.0. The topological polar surface area (TPSA) is 81.5 Å². The number of rotatable bonds is 5. The van der Waals surface area contributed by atoms with Gasteiger partial charge in [0.2, 0.25) is 10.0 Å². The normalized spacial score (nSPS) is 23.1. The second kappa shape index (κ2) is 7.94. The molecule has 1 saturated heterocycles. The largest absolute Gasteiger partial charge is 0.387 e. The first kappa shape index (κ1) is 21.0. The maximum Gasteiger partial charge on any atom is 0.243 e. The Morgan fingerprint density at radius 1 is 1.25 bits per heavy atom. The molecule has 3 rings (SSSR count). The van der Waals surface area contributed by atoms with E-state index >= 15 is 0 Å². The fraction of sp³-hybridized carbons (Fsp3) is 0.350. The number of nitrogens with zero attached hydrogens (tertiary/aromatic N) is 1. The number of aryl methyl sites for hydroxylation is 1. The highest BCUT2D eigenvalue weighted by atomic mass is 32.2. The SMILES string of the molecule is CCC1(O)CN(S(=O)(=O)c2ccc(C)cc2)CC1SC(=N)c1ccc(F)cc1. The summed E-state index contributed by atoms with van der Waals surface area (Å²) < 4.78 is 40.4. The molecule has 150 valence electrons. The zero-order chi connectivity index (χ0) is 20.5. The van der Waals surface area contributed by atoms with Gasteiger partial charge in [-0.25, -0.2) is 12.8 Å². The minimum Gasteiger partial charge on any atom is -0.387 e. The van der Waals surface area contributed by atoms with Crippen molar-refractivity contribution in [3.8, 4) is 0 Å². The van der Waals surface area contributed by atoms with Crippen LogP contribution in [0.4, 0.5) is 4.39 Å². The van der Waals surface area contributed by atoms with Crippen LogP contribution >= 0.6 is 11.8 Å². The van der Waals surface area contributed by atoms with Gasteiger partial charge in [0.25, 0.3) is 0 Å². The molecule has 0 aliphatic carbocycles. The lowest BCUT2D eigenvalue weighted by Gasteiger charge is -2.27. The lowest BCUT2D eigenvalue weighted by atomic mass is 10.00. The van der Waals surface area contributed by atoms with Crippen LogP contribution in [0, 0.1) is 18.2 Å². The van der Waals surface area contributed by atoms with Gasteiger partial charge in [0.15, 0.2) is 0 Å². The van der Waals surface area contributed by atoms with Gasteiger partial charge in [-0.15, -0.1) is 0 Å². The van der Waals surface area contributed by atoms with Gasteiger partial charge in [0.05, 0.1) is 20.8 Å². The predicted molar refractivity (Wildman–Crippen MR) is 110 cm³/mol. The van der Waals surface area contributed by atoms with Crippen LogP contribution in [0.15, 0.2) is 53.4 Å². The molecule has 0 bridgehead atoms. The van der Waals surface area contributed by atoms with E-state index in [1.54, 1.807) is 31.2 Å². The van der Waals surface area contributed by atoms with Crippen LogP contribution in [-0.2, 0) is 10.0 Å². The lowest BCUT2D eigenvalue weighted by molar-refractivity contribution is 0.0569. The van der Waals surface area contributed by atoms with E-state index in [2.05, 4.69) is 0 Å². The van der Waals surface area contributed by atoms with Gasteiger partial charge in [-0.1, -0.05) is 36.4 Å². The van der Waals surface area contributed by atoms with Crippen molar-refractivity contribution in [2.24, 2.45) is 0 Å². The lowest BCUT2D eigenvalue weighted by Crippen LogP contribution is -2.40. The van der Waals surface area contributed by atoms with Crippen molar-refractivity contribution in [1.29, 1.82) is 5.41 Å². The molecule has 2 atom stereocenters. The van der Waals surface area contributed by atoms with Gasteiger partial charge in [0, 0.05) is 18.7 Å². The summed E-state index contributed by atoms with van der Waals surface area (Å²) in [5.41, 5.74) is 0.255. The molecule has 1 fully saturated rings. The molecule has 2 N–H and O–H groups in total. The third-order valence-corrected chi connectivity index (χ3v) is 8.23. The van der Waals surface area contributed by atoms with E-state index in [1.807, 2.05) is 6.92 Å². The van der Waals surface area contributed by atoms with Crippen molar-refractivity contribution in [3.63, 3.8) is 0 Å². The van der Waals surface area contributed by atoms with E-state index in [-0.39, 0.29) is 28.8 Å². The number of thioether (sulfide) groups is 1. The summed E-state index contributed by atoms with van der Waals surface area (Å²) in [7, 11) is -3.74. The molecule has 1 aliphatic heterocycles. The first-order valence-corrected chi connectivity index (χ1v) is 11.3. The summed E-state index contributed by atoms with van der Waals surface area (Å²) in [6, 6.07) is 12.2. The molecule has 1 aliphatic rings. The smallest absolute Gasteiger partial charge is 0.243 e. The van der Waals surface area contributed by atoms with Crippen LogP contribution in [0.2, 0.25) is 0 Å². The minimum absolute atomic E-state index is 0.0198. The fourth-order valence-electron chi connectivity index (χ4n) is 3.17. The molecule has 1 heterocycles. The zero-order valence-electron chi connectivity index (χ0n) is 15.7. The Labute approximate surface area is 169 Å². The molecule has 2 aromatic carbocycles. The van der Waals surface area contributed by atoms with Gasteiger partial charge in [-0.3, -0.25) is 5.41 Å². The molecule has 8 heteroatoms. The monoisotopic (exact) mass is 422 g/mol. The molecule has 2 unspecified atom stereocenters. The quantitative estimate of drug-likeness (QED) is 0.572. The zero-order valence-corrected chi connectivity index (χ0v) is 17.4. The number of aliphatic hydroxyl groups is 1. The Kier molecular flexibility index (Phi) is 5.95. The summed E-state index contributed by atoms with van der Waals surface area (Å²) >= 11 is 1.12. The maximum atomic E-state index is 13.1. The van der Waals surface area contributed by atoms with Crippen molar-refractivity contribution in [2.75, 3.05) is 13.1 Å². The van der Waals surface area contributed by atoms with E-state index in [9.17, 15) is 17.9 Å². The van der Waals surface area contributed by atoms with Gasteiger partial charge in [-0.2, -0.15) is 4.31 Å². The number of β-amino-alcohol motifs (C(OH)–C–C–N with tert-alkyl or cyclic N) is 1. The number of hydrogen-bond acceptors (Lipinski definition) is 5. The number of sulfonamides is 1. The van der Waals surface area contributed by atoms with Gasteiger partial charge < -0.3 is 5.11 Å². The Hall–Kier alpha value is -1.74. The van der Waals surface area contributed by atoms with Crippen LogP contribution in [0.3, 0.4) is 0 Å². The van der Waals surface area contributed by atoms with Crippen LogP contribution < -0.4 is 0 Å². The first-order chi connectivity index (χ1) is 13.2. The Morgan fingerprint density at radius 2 is 1.86 bits per heavy atom. The van der Waals surface area contributed by atoms with Crippen molar-refractivity contribution in [2.45, 2.75) is 36.0 Å². The molecule has 5 nitrogen and oxygen atoms in total. The summed E-state index contributed by atoms with van der Waals surface area (Å²) in [5.74, 6) is -0.386. The van der Waals surface area contributed by atoms with Crippen molar-refractivity contribution < 1.29 is 17.9 Å². The van der Waals surface area contributed by atoms with E-state index in [1.165, 1.54) is 28.6 Å². The third kappa shape index (κ3) is 4.15. The van der Waals surface area contributed by atoms with Crippen molar-refractivity contribution >= 4 is 26.8 Å². The Balaban J connectivity index is 1.82. The fourth-order valence-corrected chi connectivity index (χ4v) is 6.05. The predicted octanol–water partition coefficient (Wildman–Crippen LogP) is 3.41. The van der Waals surface area contributed by atoms with Crippen LogP contribution in [-0.4, -0.2) is 46.8 Å². The molecule has 28 heavy (non-hydrogen) atoms.